The van der Waals surface area contributed by atoms with E-state index in [1.165, 1.54) is 0 Å². The van der Waals surface area contributed by atoms with Crippen molar-refractivity contribution < 1.29 is 33.8 Å². The molecule has 1 amide bonds. The van der Waals surface area contributed by atoms with Gasteiger partial charge in [0, 0.05) is 11.5 Å². The van der Waals surface area contributed by atoms with E-state index in [0.717, 1.165) is 20.0 Å². The van der Waals surface area contributed by atoms with E-state index in [0.29, 0.717) is 24.8 Å². The summed E-state index contributed by atoms with van der Waals surface area (Å²) in [5.74, 6) is 0.658. The molecule has 1 saturated heterocycles. The SMILES string of the molecule is CC.COC(=O)C(NC(=O)c1ccc(S(F)(F)(F)(F)F)cc1)C1(C2CC2)CB(C#N)C1. The molecule has 0 spiro atoms. The van der Waals surface area contributed by atoms with E-state index in [9.17, 15) is 29.0 Å². The highest BCUT2D eigenvalue weighted by Gasteiger charge is 2.65. The summed E-state index contributed by atoms with van der Waals surface area (Å²) in [6, 6.07) is 0.497. The van der Waals surface area contributed by atoms with Crippen molar-refractivity contribution in [3.05, 3.63) is 29.8 Å². The van der Waals surface area contributed by atoms with Crippen LogP contribution < -0.4 is 5.32 Å². The lowest BCUT2D eigenvalue weighted by Gasteiger charge is -2.48. The second kappa shape index (κ2) is 7.69. The number of nitriles is 1. The van der Waals surface area contributed by atoms with E-state index in [-0.39, 0.29) is 30.3 Å². The van der Waals surface area contributed by atoms with Crippen LogP contribution in [0.1, 0.15) is 37.0 Å². The number of rotatable bonds is 6. The summed E-state index contributed by atoms with van der Waals surface area (Å²) in [5.41, 5.74) is -0.945. The number of esters is 1. The second-order valence-electron chi connectivity index (χ2n) is 7.66. The zero-order valence-electron chi connectivity index (χ0n) is 17.3. The van der Waals surface area contributed by atoms with Gasteiger partial charge in [-0.15, -0.1) is 0 Å². The molecule has 1 N–H and O–H groups in total. The molecule has 0 bridgehead atoms. The Balaban J connectivity index is 0.00000166. The Hall–Kier alpha value is -2.29. The number of amides is 1. The van der Waals surface area contributed by atoms with Gasteiger partial charge in [-0.3, -0.25) is 4.79 Å². The molecule has 31 heavy (non-hydrogen) atoms. The van der Waals surface area contributed by atoms with E-state index >= 15 is 0 Å². The van der Waals surface area contributed by atoms with Gasteiger partial charge >= 0.3 is 16.2 Å². The van der Waals surface area contributed by atoms with E-state index < -0.39 is 38.5 Å². The highest BCUT2D eigenvalue weighted by Crippen LogP contribution is 3.02. The molecule has 1 aliphatic heterocycles. The van der Waals surface area contributed by atoms with Gasteiger partial charge in [0.25, 0.3) is 12.6 Å². The van der Waals surface area contributed by atoms with Gasteiger partial charge in [-0.25, -0.2) is 10.1 Å². The van der Waals surface area contributed by atoms with Crippen molar-refractivity contribution in [1.82, 2.24) is 5.32 Å². The fraction of sp³-hybridized carbons (Fsp3) is 0.526. The van der Waals surface area contributed by atoms with Crippen LogP contribution in [0.2, 0.25) is 12.6 Å². The molecule has 1 aromatic carbocycles. The quantitative estimate of drug-likeness (QED) is 0.336. The Kier molecular flexibility index (Phi) is 6.20. The number of carbonyl (C=O) groups is 2. The molecular weight excluding hydrogens is 442 g/mol. The van der Waals surface area contributed by atoms with Crippen LogP contribution in [0.25, 0.3) is 0 Å². The van der Waals surface area contributed by atoms with Crippen molar-refractivity contribution in [2.45, 2.75) is 50.3 Å². The molecular formula is C19H24BF5N2O3S. The smallest absolute Gasteiger partial charge is 0.328 e. The fourth-order valence-electron chi connectivity index (χ4n) is 4.05. The Morgan fingerprint density at radius 3 is 2.06 bits per heavy atom. The predicted octanol–water partition coefficient (Wildman–Crippen LogP) is 5.61. The van der Waals surface area contributed by atoms with E-state index in [1.807, 2.05) is 13.8 Å². The summed E-state index contributed by atoms with van der Waals surface area (Å²) in [7, 11) is -8.69. The summed E-state index contributed by atoms with van der Waals surface area (Å²) in [4.78, 5) is 22.8. The van der Waals surface area contributed by atoms with E-state index in [4.69, 9.17) is 10.00 Å². The number of benzene rings is 1. The third-order valence-corrected chi connectivity index (χ3v) is 6.84. The Bertz CT molecular complexity index is 893. The first-order valence-electron chi connectivity index (χ1n) is 9.82. The van der Waals surface area contributed by atoms with Crippen LogP contribution in [0.5, 0.6) is 0 Å². The summed E-state index contributed by atoms with van der Waals surface area (Å²) >= 11 is 0. The molecule has 3 rings (SSSR count). The number of methoxy groups -OCH3 is 1. The molecule has 2 fully saturated rings. The number of hydrogen-bond acceptors (Lipinski definition) is 4. The van der Waals surface area contributed by atoms with E-state index in [2.05, 4.69) is 11.3 Å². The molecule has 1 unspecified atom stereocenters. The van der Waals surface area contributed by atoms with Crippen molar-refractivity contribution in [2.75, 3.05) is 7.11 Å². The molecule has 1 heterocycles. The largest absolute Gasteiger partial charge is 0.467 e. The highest BCUT2D eigenvalue weighted by atomic mass is 32.5. The van der Waals surface area contributed by atoms with Crippen molar-refractivity contribution in [1.29, 1.82) is 5.26 Å². The van der Waals surface area contributed by atoms with Crippen LogP contribution in [0.4, 0.5) is 19.4 Å². The van der Waals surface area contributed by atoms with Crippen LogP contribution in [0, 0.1) is 22.6 Å². The molecule has 5 nitrogen and oxygen atoms in total. The molecule has 1 atom stereocenters. The molecule has 1 saturated carbocycles. The van der Waals surface area contributed by atoms with Crippen LogP contribution in [0.3, 0.4) is 0 Å². The van der Waals surface area contributed by atoms with Gasteiger partial charge in [0.05, 0.1) is 7.11 Å². The Labute approximate surface area is 178 Å². The van der Waals surface area contributed by atoms with Crippen molar-refractivity contribution in [3.8, 4) is 5.97 Å². The molecule has 172 valence electrons. The van der Waals surface area contributed by atoms with Crippen LogP contribution in [0.15, 0.2) is 29.2 Å². The summed E-state index contributed by atoms with van der Waals surface area (Å²) in [5, 5.41) is 11.6. The standard InChI is InChI=1S/C17H18BF5N2O3S.C2H6/c1-28-16(27)14(17(12-4-5-12)8-18(9-17)10-24)25-15(26)11-2-6-13(7-3-11)29(19,20,21,22)23;1-2/h2-3,6-7,12,14H,4-5,8-9H2,1H3,(H,25,26);1-2H3. The van der Waals surface area contributed by atoms with Crippen molar-refractivity contribution >= 4 is 28.8 Å². The molecule has 1 aromatic rings. The van der Waals surface area contributed by atoms with Crippen molar-refractivity contribution in [3.63, 3.8) is 0 Å². The number of nitrogens with zero attached hydrogens (tertiary/aromatic N) is 1. The summed E-state index contributed by atoms with van der Waals surface area (Å²) in [6.45, 7) is 3.75. The first kappa shape index (κ1) is 25.0. The maximum Gasteiger partial charge on any atom is 0.328 e. The van der Waals surface area contributed by atoms with Gasteiger partial charge in [0.15, 0.2) is 0 Å². The zero-order chi connectivity index (χ0) is 23.7. The first-order valence-corrected chi connectivity index (χ1v) is 11.8. The summed E-state index contributed by atoms with van der Waals surface area (Å²) < 4.78 is 68.9. The maximum atomic E-state index is 12.8. The monoisotopic (exact) mass is 466 g/mol. The van der Waals surface area contributed by atoms with Crippen molar-refractivity contribution in [2.24, 2.45) is 11.3 Å². The number of hydrogen-bond donors (Lipinski definition) is 1. The molecule has 2 aliphatic rings. The highest BCUT2D eigenvalue weighted by molar-refractivity contribution is 8.45. The third-order valence-electron chi connectivity index (χ3n) is 5.68. The topological polar surface area (TPSA) is 79.2 Å². The molecule has 0 aromatic heterocycles. The lowest BCUT2D eigenvalue weighted by molar-refractivity contribution is -0.146. The van der Waals surface area contributed by atoms with Crippen LogP contribution in [-0.2, 0) is 9.53 Å². The average Bonchev–Trinajstić information content (AvgIpc) is 3.51. The molecule has 1 aliphatic carbocycles. The third kappa shape index (κ3) is 5.32. The van der Waals surface area contributed by atoms with E-state index in [1.54, 1.807) is 0 Å². The minimum Gasteiger partial charge on any atom is -0.467 e. The minimum atomic E-state index is -9.84. The first-order chi connectivity index (χ1) is 14.2. The average molecular weight is 466 g/mol. The molecule has 12 heteroatoms. The Morgan fingerprint density at radius 1 is 1.16 bits per heavy atom. The molecule has 0 radical (unpaired) electrons. The van der Waals surface area contributed by atoms with Gasteiger partial charge < -0.3 is 10.1 Å². The Morgan fingerprint density at radius 2 is 1.68 bits per heavy atom. The van der Waals surface area contributed by atoms with Gasteiger partial charge in [-0.2, -0.15) is 0 Å². The lowest BCUT2D eigenvalue weighted by atomic mass is 9.25. The second-order valence-corrected chi connectivity index (χ2v) is 10.1. The number of ether oxygens (including phenoxy) is 1. The van der Waals surface area contributed by atoms with Gasteiger partial charge in [0.2, 0.25) is 0 Å². The van der Waals surface area contributed by atoms with Gasteiger partial charge in [-0.05, 0) is 48.4 Å². The lowest BCUT2D eigenvalue weighted by Crippen LogP contribution is -2.61. The number of nitrogens with one attached hydrogen (secondary N) is 1. The number of carbonyl (C=O) groups excluding carboxylic acids is 2. The fourth-order valence-corrected chi connectivity index (χ4v) is 4.70. The minimum absolute atomic E-state index is 0.131. The van der Waals surface area contributed by atoms with Gasteiger partial charge in [0.1, 0.15) is 10.9 Å². The predicted molar refractivity (Wildman–Crippen MR) is 109 cm³/mol. The maximum absolute atomic E-state index is 12.8. The van der Waals surface area contributed by atoms with Crippen LogP contribution >= 0.6 is 10.2 Å². The zero-order valence-corrected chi connectivity index (χ0v) is 18.2. The van der Waals surface area contributed by atoms with Gasteiger partial charge in [-0.1, -0.05) is 45.9 Å². The summed E-state index contributed by atoms with van der Waals surface area (Å²) in [6.07, 6.45) is 2.47. The number of halogens is 5. The van der Waals surface area contributed by atoms with Crippen LogP contribution in [-0.4, -0.2) is 31.7 Å². The normalized spacial score (nSPS) is 20.4.